The van der Waals surface area contributed by atoms with Gasteiger partial charge in [-0.3, -0.25) is 4.79 Å². The molecule has 4 heteroatoms. The summed E-state index contributed by atoms with van der Waals surface area (Å²) in [7, 11) is 0. The Morgan fingerprint density at radius 1 is 1.32 bits per heavy atom. The molecule has 0 radical (unpaired) electrons. The highest BCUT2D eigenvalue weighted by molar-refractivity contribution is 5.68. The summed E-state index contributed by atoms with van der Waals surface area (Å²) in [6.07, 6.45) is 1.02. The topological polar surface area (TPSA) is 58.6 Å². The van der Waals surface area contributed by atoms with E-state index in [2.05, 4.69) is 12.2 Å². The third-order valence-corrected chi connectivity index (χ3v) is 3.07. The lowest BCUT2D eigenvalue weighted by molar-refractivity contribution is -0.138. The molecule has 0 heterocycles. The van der Waals surface area contributed by atoms with Gasteiger partial charge in [-0.1, -0.05) is 19.1 Å². The van der Waals surface area contributed by atoms with Crippen molar-refractivity contribution in [3.63, 3.8) is 0 Å². The summed E-state index contributed by atoms with van der Waals surface area (Å²) in [6.45, 7) is 7.33. The second-order valence-corrected chi connectivity index (χ2v) is 4.79. The van der Waals surface area contributed by atoms with Crippen molar-refractivity contribution in [3.05, 3.63) is 29.8 Å². The van der Waals surface area contributed by atoms with Crippen molar-refractivity contribution < 1.29 is 14.6 Å². The van der Waals surface area contributed by atoms with E-state index in [1.165, 1.54) is 0 Å². The van der Waals surface area contributed by atoms with Crippen LogP contribution in [0.25, 0.3) is 0 Å². The molecule has 0 aromatic heterocycles. The maximum Gasteiger partial charge on any atom is 0.305 e. The van der Waals surface area contributed by atoms with E-state index in [4.69, 9.17) is 9.84 Å². The molecule has 0 saturated heterocycles. The number of benzene rings is 1. The summed E-state index contributed by atoms with van der Waals surface area (Å²) >= 11 is 0. The second-order valence-electron chi connectivity index (χ2n) is 4.79. The minimum atomic E-state index is -0.806. The molecule has 0 amide bonds. The van der Waals surface area contributed by atoms with Crippen LogP contribution in [0.3, 0.4) is 0 Å². The average molecular weight is 265 g/mol. The largest absolute Gasteiger partial charge is 0.494 e. The number of carboxylic acid groups (broad SMARTS) is 1. The van der Waals surface area contributed by atoms with Crippen molar-refractivity contribution in [2.45, 2.75) is 39.2 Å². The van der Waals surface area contributed by atoms with E-state index in [1.807, 2.05) is 38.1 Å². The highest BCUT2D eigenvalue weighted by Gasteiger charge is 2.28. The molecule has 0 fully saturated rings. The average Bonchev–Trinajstić information content (AvgIpc) is 2.37. The van der Waals surface area contributed by atoms with Crippen LogP contribution < -0.4 is 10.1 Å². The molecule has 106 valence electrons. The Hall–Kier alpha value is -1.55. The van der Waals surface area contributed by atoms with Gasteiger partial charge in [-0.15, -0.1) is 0 Å². The number of nitrogens with one attached hydrogen (secondary N) is 1. The van der Waals surface area contributed by atoms with Gasteiger partial charge in [0.15, 0.2) is 0 Å². The zero-order valence-electron chi connectivity index (χ0n) is 11.9. The SMILES string of the molecule is CCCNC(C)(CC(=O)O)c1ccc(OCC)cc1. The first-order chi connectivity index (χ1) is 9.01. The number of ether oxygens (including phenoxy) is 1. The van der Waals surface area contributed by atoms with Crippen LogP contribution in [0.1, 0.15) is 39.2 Å². The van der Waals surface area contributed by atoms with Crippen LogP contribution in [0, 0.1) is 0 Å². The highest BCUT2D eigenvalue weighted by atomic mass is 16.5. The number of aliphatic carboxylic acids is 1. The van der Waals surface area contributed by atoms with Gasteiger partial charge >= 0.3 is 5.97 Å². The first-order valence-electron chi connectivity index (χ1n) is 6.72. The van der Waals surface area contributed by atoms with Crippen LogP contribution >= 0.6 is 0 Å². The smallest absolute Gasteiger partial charge is 0.305 e. The van der Waals surface area contributed by atoms with Crippen LogP contribution in [-0.4, -0.2) is 24.2 Å². The number of carbonyl (C=O) groups is 1. The van der Waals surface area contributed by atoms with Crippen molar-refractivity contribution in [2.24, 2.45) is 0 Å². The Morgan fingerprint density at radius 3 is 2.42 bits per heavy atom. The Morgan fingerprint density at radius 2 is 1.95 bits per heavy atom. The van der Waals surface area contributed by atoms with Crippen molar-refractivity contribution >= 4 is 5.97 Å². The molecule has 0 aliphatic heterocycles. The molecular formula is C15H23NO3. The van der Waals surface area contributed by atoms with E-state index in [1.54, 1.807) is 0 Å². The Labute approximate surface area is 114 Å². The highest BCUT2D eigenvalue weighted by Crippen LogP contribution is 2.26. The van der Waals surface area contributed by atoms with Gasteiger partial charge in [0.2, 0.25) is 0 Å². The van der Waals surface area contributed by atoms with Gasteiger partial charge in [-0.2, -0.15) is 0 Å². The molecule has 0 aliphatic carbocycles. The lowest BCUT2D eigenvalue weighted by Crippen LogP contribution is -2.41. The molecule has 1 unspecified atom stereocenters. The van der Waals surface area contributed by atoms with Crippen molar-refractivity contribution in [1.29, 1.82) is 0 Å². The van der Waals surface area contributed by atoms with Crippen molar-refractivity contribution in [1.82, 2.24) is 5.32 Å². The monoisotopic (exact) mass is 265 g/mol. The number of carboxylic acids is 1. The second kappa shape index (κ2) is 7.14. The first-order valence-corrected chi connectivity index (χ1v) is 6.72. The van der Waals surface area contributed by atoms with Crippen LogP contribution in [0.5, 0.6) is 5.75 Å². The molecule has 4 nitrogen and oxygen atoms in total. The summed E-state index contributed by atoms with van der Waals surface area (Å²) in [5.74, 6) is -0.000552. The summed E-state index contributed by atoms with van der Waals surface area (Å²) in [4.78, 5) is 11.1. The molecular weight excluding hydrogens is 242 g/mol. The molecule has 0 aliphatic rings. The van der Waals surface area contributed by atoms with E-state index in [9.17, 15) is 4.79 Å². The number of hydrogen-bond acceptors (Lipinski definition) is 3. The lowest BCUT2D eigenvalue weighted by Gasteiger charge is -2.30. The van der Waals surface area contributed by atoms with E-state index in [-0.39, 0.29) is 6.42 Å². The van der Waals surface area contributed by atoms with Gasteiger partial charge in [-0.05, 0) is 44.5 Å². The number of rotatable bonds is 8. The maximum atomic E-state index is 11.1. The zero-order valence-corrected chi connectivity index (χ0v) is 11.9. The third kappa shape index (κ3) is 4.56. The Bertz CT molecular complexity index is 402. The molecule has 0 bridgehead atoms. The van der Waals surface area contributed by atoms with Gasteiger partial charge in [0, 0.05) is 0 Å². The molecule has 0 saturated carbocycles. The molecule has 1 atom stereocenters. The van der Waals surface area contributed by atoms with Crippen molar-refractivity contribution in [3.8, 4) is 5.75 Å². The summed E-state index contributed by atoms with van der Waals surface area (Å²) in [5, 5.41) is 12.4. The third-order valence-electron chi connectivity index (χ3n) is 3.07. The zero-order chi connectivity index (χ0) is 14.3. The Kier molecular flexibility index (Phi) is 5.83. The normalized spacial score (nSPS) is 13.8. The van der Waals surface area contributed by atoms with Crippen LogP contribution in [0.2, 0.25) is 0 Å². The minimum Gasteiger partial charge on any atom is -0.494 e. The molecule has 2 N–H and O–H groups in total. The standard InChI is InChI=1S/C15H23NO3/c1-4-10-16-15(3,11-14(17)18)12-6-8-13(9-7-12)19-5-2/h6-9,16H,4-5,10-11H2,1-3H3,(H,17,18). The van der Waals surface area contributed by atoms with Gasteiger partial charge in [0.1, 0.15) is 5.75 Å². The lowest BCUT2D eigenvalue weighted by atomic mass is 9.88. The molecule has 1 aromatic carbocycles. The quantitative estimate of drug-likeness (QED) is 0.759. The molecule has 0 spiro atoms. The van der Waals surface area contributed by atoms with Gasteiger partial charge in [0.05, 0.1) is 18.6 Å². The fraction of sp³-hybridized carbons (Fsp3) is 0.533. The van der Waals surface area contributed by atoms with Gasteiger partial charge in [0.25, 0.3) is 0 Å². The van der Waals surface area contributed by atoms with Crippen LogP contribution in [0.4, 0.5) is 0 Å². The van der Waals surface area contributed by atoms with E-state index in [0.717, 1.165) is 24.3 Å². The molecule has 1 aromatic rings. The Balaban J connectivity index is 2.92. The fourth-order valence-corrected chi connectivity index (χ4v) is 2.06. The van der Waals surface area contributed by atoms with E-state index >= 15 is 0 Å². The molecule has 19 heavy (non-hydrogen) atoms. The summed E-state index contributed by atoms with van der Waals surface area (Å²) < 4.78 is 5.40. The van der Waals surface area contributed by atoms with E-state index in [0.29, 0.717) is 6.61 Å². The fourth-order valence-electron chi connectivity index (χ4n) is 2.06. The van der Waals surface area contributed by atoms with Gasteiger partial charge in [-0.25, -0.2) is 0 Å². The summed E-state index contributed by atoms with van der Waals surface area (Å²) in [5.41, 5.74) is 0.416. The predicted molar refractivity (Wildman–Crippen MR) is 75.5 cm³/mol. The minimum absolute atomic E-state index is 0.0565. The maximum absolute atomic E-state index is 11.1. The predicted octanol–water partition coefficient (Wildman–Crippen LogP) is 2.77. The van der Waals surface area contributed by atoms with E-state index < -0.39 is 11.5 Å². The van der Waals surface area contributed by atoms with Crippen molar-refractivity contribution in [2.75, 3.05) is 13.2 Å². The number of hydrogen-bond donors (Lipinski definition) is 2. The van der Waals surface area contributed by atoms with Crippen LogP contribution in [0.15, 0.2) is 24.3 Å². The van der Waals surface area contributed by atoms with Gasteiger partial charge < -0.3 is 15.2 Å². The first kappa shape index (κ1) is 15.5. The summed E-state index contributed by atoms with van der Waals surface area (Å²) in [6, 6.07) is 7.62. The molecule has 1 rings (SSSR count). The van der Waals surface area contributed by atoms with Crippen LogP contribution in [-0.2, 0) is 10.3 Å².